The van der Waals surface area contributed by atoms with Crippen molar-refractivity contribution in [3.63, 3.8) is 0 Å². The first-order valence-corrected chi connectivity index (χ1v) is 9.09. The molecule has 0 saturated carbocycles. The highest BCUT2D eigenvalue weighted by Crippen LogP contribution is 2.29. The van der Waals surface area contributed by atoms with Crippen molar-refractivity contribution in [2.75, 3.05) is 59.4 Å². The van der Waals surface area contributed by atoms with Crippen LogP contribution in [0.4, 0.5) is 5.69 Å². The summed E-state index contributed by atoms with van der Waals surface area (Å²) in [5, 5.41) is 5.31. The van der Waals surface area contributed by atoms with E-state index in [1.807, 2.05) is 0 Å². The lowest BCUT2D eigenvalue weighted by Gasteiger charge is -2.31. The third-order valence-electron chi connectivity index (χ3n) is 4.72. The summed E-state index contributed by atoms with van der Waals surface area (Å²) >= 11 is 0. The minimum atomic E-state index is -0.695. The van der Waals surface area contributed by atoms with Crippen molar-refractivity contribution in [1.29, 1.82) is 0 Å². The van der Waals surface area contributed by atoms with Crippen LogP contribution in [0, 0.1) is 5.92 Å². The normalized spacial score (nSPS) is 15.2. The lowest BCUT2D eigenvalue weighted by molar-refractivity contribution is -0.136. The fraction of sp³-hybridized carbons (Fsp3) is 0.579. The SMILES string of the molecule is COCCN1CCC(CNC(=O)C(=O)Nc2ccc(OC)c(OC)c2)CC1. The Kier molecular flexibility index (Phi) is 8.35. The molecule has 0 radical (unpaired) electrons. The zero-order chi connectivity index (χ0) is 19.6. The zero-order valence-corrected chi connectivity index (χ0v) is 16.2. The Bertz CT molecular complexity index is 630. The average Bonchev–Trinajstić information content (AvgIpc) is 2.70. The first-order chi connectivity index (χ1) is 13.1. The van der Waals surface area contributed by atoms with Gasteiger partial charge in [0, 0.05) is 32.0 Å². The molecule has 8 heteroatoms. The van der Waals surface area contributed by atoms with Crippen LogP contribution >= 0.6 is 0 Å². The van der Waals surface area contributed by atoms with Crippen molar-refractivity contribution in [2.45, 2.75) is 12.8 Å². The predicted molar refractivity (Wildman–Crippen MR) is 102 cm³/mol. The third-order valence-corrected chi connectivity index (χ3v) is 4.72. The number of nitrogens with one attached hydrogen (secondary N) is 2. The number of methoxy groups -OCH3 is 3. The van der Waals surface area contributed by atoms with Crippen molar-refractivity contribution >= 4 is 17.5 Å². The van der Waals surface area contributed by atoms with Gasteiger partial charge in [-0.05, 0) is 44.0 Å². The highest BCUT2D eigenvalue weighted by atomic mass is 16.5. The largest absolute Gasteiger partial charge is 0.493 e. The van der Waals surface area contributed by atoms with Gasteiger partial charge in [0.15, 0.2) is 11.5 Å². The van der Waals surface area contributed by atoms with Crippen LogP contribution in [0.25, 0.3) is 0 Å². The van der Waals surface area contributed by atoms with Gasteiger partial charge in [-0.2, -0.15) is 0 Å². The monoisotopic (exact) mass is 379 g/mol. The minimum Gasteiger partial charge on any atom is -0.493 e. The maximum Gasteiger partial charge on any atom is 0.313 e. The Labute approximate surface area is 160 Å². The fourth-order valence-electron chi connectivity index (χ4n) is 3.05. The molecule has 0 spiro atoms. The number of piperidine rings is 1. The lowest BCUT2D eigenvalue weighted by Crippen LogP contribution is -2.42. The second-order valence-electron chi connectivity index (χ2n) is 6.51. The lowest BCUT2D eigenvalue weighted by atomic mass is 9.97. The van der Waals surface area contributed by atoms with Gasteiger partial charge < -0.3 is 29.7 Å². The predicted octanol–water partition coefficient (Wildman–Crippen LogP) is 1.12. The van der Waals surface area contributed by atoms with E-state index in [0.717, 1.165) is 39.1 Å². The van der Waals surface area contributed by atoms with E-state index in [0.29, 0.717) is 29.6 Å². The molecule has 0 atom stereocenters. The molecule has 0 aromatic heterocycles. The van der Waals surface area contributed by atoms with Gasteiger partial charge in [0.2, 0.25) is 0 Å². The molecule has 0 unspecified atom stereocenters. The van der Waals surface area contributed by atoms with E-state index in [-0.39, 0.29) is 0 Å². The van der Waals surface area contributed by atoms with E-state index in [2.05, 4.69) is 15.5 Å². The molecule has 1 aromatic rings. The zero-order valence-electron chi connectivity index (χ0n) is 16.2. The molecule has 1 heterocycles. The number of benzene rings is 1. The van der Waals surface area contributed by atoms with Crippen LogP contribution in [-0.2, 0) is 14.3 Å². The number of anilines is 1. The van der Waals surface area contributed by atoms with E-state index in [1.54, 1.807) is 25.3 Å². The number of carbonyl (C=O) groups is 2. The number of likely N-dealkylation sites (tertiary alicyclic amines) is 1. The van der Waals surface area contributed by atoms with Crippen molar-refractivity contribution in [3.05, 3.63) is 18.2 Å². The van der Waals surface area contributed by atoms with Crippen LogP contribution in [0.15, 0.2) is 18.2 Å². The standard InChI is InChI=1S/C19H29N3O5/c1-25-11-10-22-8-6-14(7-9-22)13-20-18(23)19(24)21-15-4-5-16(26-2)17(12-15)27-3/h4-5,12,14H,6-11,13H2,1-3H3,(H,20,23)(H,21,24). The Hall–Kier alpha value is -2.32. The van der Waals surface area contributed by atoms with Gasteiger partial charge in [-0.3, -0.25) is 9.59 Å². The van der Waals surface area contributed by atoms with Gasteiger partial charge in [-0.15, -0.1) is 0 Å². The van der Waals surface area contributed by atoms with E-state index >= 15 is 0 Å². The molecule has 1 fully saturated rings. The number of rotatable bonds is 8. The topological polar surface area (TPSA) is 89.1 Å². The van der Waals surface area contributed by atoms with Gasteiger partial charge in [0.25, 0.3) is 0 Å². The Morgan fingerprint density at radius 1 is 1.07 bits per heavy atom. The molecule has 2 rings (SSSR count). The number of carbonyl (C=O) groups excluding carboxylic acids is 2. The molecule has 1 aliphatic rings. The van der Waals surface area contributed by atoms with E-state index in [9.17, 15) is 9.59 Å². The Morgan fingerprint density at radius 3 is 2.41 bits per heavy atom. The summed E-state index contributed by atoms with van der Waals surface area (Å²) in [5.74, 6) is 0.0979. The first kappa shape index (κ1) is 21.0. The number of ether oxygens (including phenoxy) is 3. The van der Waals surface area contributed by atoms with E-state index in [1.165, 1.54) is 14.2 Å². The summed E-state index contributed by atoms with van der Waals surface area (Å²) in [6, 6.07) is 4.94. The van der Waals surface area contributed by atoms with E-state index in [4.69, 9.17) is 14.2 Å². The molecular formula is C19H29N3O5. The smallest absolute Gasteiger partial charge is 0.313 e. The molecule has 1 aromatic carbocycles. The highest BCUT2D eigenvalue weighted by molar-refractivity contribution is 6.39. The number of hydrogen-bond acceptors (Lipinski definition) is 6. The van der Waals surface area contributed by atoms with Gasteiger partial charge in [-0.1, -0.05) is 0 Å². The van der Waals surface area contributed by atoms with Gasteiger partial charge in [0.05, 0.1) is 20.8 Å². The van der Waals surface area contributed by atoms with Crippen LogP contribution in [-0.4, -0.2) is 70.8 Å². The molecule has 1 saturated heterocycles. The van der Waals surface area contributed by atoms with Crippen LogP contribution in [0.5, 0.6) is 11.5 Å². The summed E-state index contributed by atoms with van der Waals surface area (Å²) in [4.78, 5) is 26.5. The number of amides is 2. The van der Waals surface area contributed by atoms with Crippen LogP contribution < -0.4 is 20.1 Å². The average molecular weight is 379 g/mol. The Balaban J connectivity index is 1.75. The van der Waals surface area contributed by atoms with Gasteiger partial charge >= 0.3 is 11.8 Å². The van der Waals surface area contributed by atoms with Gasteiger partial charge in [-0.25, -0.2) is 0 Å². The van der Waals surface area contributed by atoms with Crippen LogP contribution in [0.3, 0.4) is 0 Å². The molecular weight excluding hydrogens is 350 g/mol. The maximum atomic E-state index is 12.1. The quantitative estimate of drug-likeness (QED) is 0.658. The van der Waals surface area contributed by atoms with Crippen LogP contribution in [0.1, 0.15) is 12.8 Å². The number of hydrogen-bond donors (Lipinski definition) is 2. The molecule has 27 heavy (non-hydrogen) atoms. The summed E-state index contributed by atoms with van der Waals surface area (Å²) in [6.07, 6.45) is 2.00. The summed E-state index contributed by atoms with van der Waals surface area (Å²) in [5.41, 5.74) is 0.472. The molecule has 0 bridgehead atoms. The first-order valence-electron chi connectivity index (χ1n) is 9.09. The van der Waals surface area contributed by atoms with Crippen molar-refractivity contribution in [1.82, 2.24) is 10.2 Å². The van der Waals surface area contributed by atoms with E-state index < -0.39 is 11.8 Å². The van der Waals surface area contributed by atoms with Crippen molar-refractivity contribution in [2.24, 2.45) is 5.92 Å². The third kappa shape index (κ3) is 6.41. The molecule has 150 valence electrons. The van der Waals surface area contributed by atoms with Crippen LogP contribution in [0.2, 0.25) is 0 Å². The highest BCUT2D eigenvalue weighted by Gasteiger charge is 2.21. The van der Waals surface area contributed by atoms with Crippen molar-refractivity contribution in [3.8, 4) is 11.5 Å². The molecule has 0 aliphatic carbocycles. The summed E-state index contributed by atoms with van der Waals surface area (Å²) in [6.45, 7) is 4.15. The van der Waals surface area contributed by atoms with Gasteiger partial charge in [0.1, 0.15) is 0 Å². The second-order valence-corrected chi connectivity index (χ2v) is 6.51. The fourth-order valence-corrected chi connectivity index (χ4v) is 3.05. The minimum absolute atomic E-state index is 0.390. The summed E-state index contributed by atoms with van der Waals surface area (Å²) in [7, 11) is 4.75. The number of nitrogens with zero attached hydrogens (tertiary/aromatic N) is 1. The molecule has 1 aliphatic heterocycles. The molecule has 2 N–H and O–H groups in total. The summed E-state index contributed by atoms with van der Waals surface area (Å²) < 4.78 is 15.4. The Morgan fingerprint density at radius 2 is 1.78 bits per heavy atom. The second kappa shape index (κ2) is 10.7. The maximum absolute atomic E-state index is 12.1. The van der Waals surface area contributed by atoms with Crippen molar-refractivity contribution < 1.29 is 23.8 Å². The molecule has 8 nitrogen and oxygen atoms in total. The molecule has 2 amide bonds.